The molecule has 0 unspecified atom stereocenters. The Morgan fingerprint density at radius 1 is 0.458 bits per heavy atom. The van der Waals surface area contributed by atoms with Crippen LogP contribution in [0.2, 0.25) is 0 Å². The average Bonchev–Trinajstić information content (AvgIpc) is 3.57. The second kappa shape index (κ2) is 34.5. The molecule has 0 aliphatic carbocycles. The van der Waals surface area contributed by atoms with Crippen LogP contribution >= 0.6 is 0 Å². The summed E-state index contributed by atoms with van der Waals surface area (Å²) in [6.45, 7) is 3.63. The van der Waals surface area contributed by atoms with Gasteiger partial charge in [-0.2, -0.15) is 0 Å². The van der Waals surface area contributed by atoms with E-state index in [1.54, 1.807) is 44.2 Å². The van der Waals surface area contributed by atoms with E-state index in [2.05, 4.69) is 47.9 Å². The third-order valence-electron chi connectivity index (χ3n) is 12.6. The summed E-state index contributed by atoms with van der Waals surface area (Å²) < 4.78 is 0. The van der Waals surface area contributed by atoms with Crippen molar-refractivity contribution in [1.82, 2.24) is 47.9 Å². The van der Waals surface area contributed by atoms with Gasteiger partial charge in [0.15, 0.2) is 0 Å². The predicted octanol–water partition coefficient (Wildman–Crippen LogP) is -3.39. The number of carboxylic acid groups (broad SMARTS) is 2. The SMILES string of the molecule is CC(=O)N[C@@H](Cc1ccccc1)C(=O)N[C@H](C(=O)N[C@@H](CO)C(=O)N[C@@H](CC(=O)O)C(=O)N[C@@H](Cc1ccc(O)cc1)C(=O)N[C@@H](CO)C(=O)N[C@@H](CCCCN)C(=O)N[C@@H](Cc1ccc(O)cc1)C(=O)N[C@@H](CC(C)C)C(=O)O)[C@@H](C)O. The molecule has 0 saturated heterocycles. The number of phenols is 2. The molecule has 28 heteroatoms. The van der Waals surface area contributed by atoms with E-state index in [-0.39, 0.29) is 61.6 Å². The van der Waals surface area contributed by atoms with Crippen molar-refractivity contribution in [2.24, 2.45) is 11.7 Å². The zero-order valence-corrected chi connectivity index (χ0v) is 46.3. The first-order chi connectivity index (χ1) is 39.2. The fraction of sp³-hybridized carbons (Fsp3) is 0.473. The van der Waals surface area contributed by atoms with Crippen molar-refractivity contribution in [3.05, 3.63) is 95.6 Å². The highest BCUT2D eigenvalue weighted by molar-refractivity contribution is 5.99. The number of hydrogen-bond donors (Lipinski definition) is 17. The van der Waals surface area contributed by atoms with Gasteiger partial charge in [-0.25, -0.2) is 4.79 Å². The Kier molecular flexibility index (Phi) is 28.5. The second-order valence-corrected chi connectivity index (χ2v) is 20.1. The Morgan fingerprint density at radius 2 is 0.831 bits per heavy atom. The van der Waals surface area contributed by atoms with E-state index < -0.39 is 152 Å². The number of aliphatic hydroxyl groups is 3. The molecule has 9 amide bonds. The lowest BCUT2D eigenvalue weighted by atomic mass is 10.0. The fourth-order valence-electron chi connectivity index (χ4n) is 8.24. The first-order valence-electron chi connectivity index (χ1n) is 26.6. The van der Waals surface area contributed by atoms with E-state index in [4.69, 9.17) is 5.73 Å². The number of unbranched alkanes of at least 4 members (excludes halogenated alkanes) is 1. The largest absolute Gasteiger partial charge is 0.508 e. The van der Waals surface area contributed by atoms with Gasteiger partial charge in [-0.1, -0.05) is 68.4 Å². The van der Waals surface area contributed by atoms with Crippen molar-refractivity contribution < 1.29 is 88.5 Å². The highest BCUT2D eigenvalue weighted by Crippen LogP contribution is 2.15. The summed E-state index contributed by atoms with van der Waals surface area (Å²) in [4.78, 5) is 147. The number of aliphatic carboxylic acids is 2. The smallest absolute Gasteiger partial charge is 0.326 e. The van der Waals surface area contributed by atoms with Crippen LogP contribution in [0.3, 0.4) is 0 Å². The van der Waals surface area contributed by atoms with Crippen molar-refractivity contribution in [2.75, 3.05) is 19.8 Å². The summed E-state index contributed by atoms with van der Waals surface area (Å²) in [6.07, 6.45) is -2.99. The van der Waals surface area contributed by atoms with Crippen molar-refractivity contribution in [3.8, 4) is 11.5 Å². The van der Waals surface area contributed by atoms with Crippen LogP contribution < -0.4 is 53.6 Å². The monoisotopic (exact) mass is 1160 g/mol. The molecular formula is C55H76N10O18. The van der Waals surface area contributed by atoms with E-state index in [0.29, 0.717) is 17.5 Å². The number of nitrogens with one attached hydrogen (secondary N) is 9. The van der Waals surface area contributed by atoms with Crippen LogP contribution in [0.4, 0.5) is 0 Å². The van der Waals surface area contributed by atoms with Gasteiger partial charge in [0.05, 0.1) is 25.7 Å². The molecule has 83 heavy (non-hydrogen) atoms. The van der Waals surface area contributed by atoms with Crippen LogP contribution in [0.1, 0.15) is 76.5 Å². The Labute approximate surface area is 478 Å². The van der Waals surface area contributed by atoms with Crippen LogP contribution in [0.5, 0.6) is 11.5 Å². The summed E-state index contributed by atoms with van der Waals surface area (Å²) in [5.74, 6) is -13.1. The van der Waals surface area contributed by atoms with Crippen molar-refractivity contribution in [2.45, 2.75) is 140 Å². The molecule has 3 aromatic rings. The Morgan fingerprint density at radius 3 is 1.25 bits per heavy atom. The first kappa shape index (κ1) is 68.5. The minimum atomic E-state index is -2.07. The molecule has 10 atom stereocenters. The minimum absolute atomic E-state index is 0.0324. The number of amides is 9. The van der Waals surface area contributed by atoms with Gasteiger partial charge in [-0.3, -0.25) is 47.9 Å². The number of nitrogens with two attached hydrogens (primary N) is 1. The second-order valence-electron chi connectivity index (χ2n) is 20.1. The number of phenolic OH excluding ortho intramolecular Hbond substituents is 2. The van der Waals surface area contributed by atoms with Gasteiger partial charge >= 0.3 is 11.9 Å². The molecule has 0 radical (unpaired) electrons. The quantitative estimate of drug-likeness (QED) is 0.0255. The lowest BCUT2D eigenvalue weighted by Gasteiger charge is -2.28. The number of carbonyl (C=O) groups is 11. The van der Waals surface area contributed by atoms with Crippen LogP contribution in [0.15, 0.2) is 78.9 Å². The summed E-state index contributed by atoms with van der Waals surface area (Å²) in [7, 11) is 0. The maximum absolute atomic E-state index is 14.2. The minimum Gasteiger partial charge on any atom is -0.508 e. The Balaban J connectivity index is 1.88. The van der Waals surface area contributed by atoms with E-state index in [1.165, 1.54) is 48.5 Å². The van der Waals surface area contributed by atoms with E-state index in [9.17, 15) is 88.5 Å². The van der Waals surface area contributed by atoms with E-state index >= 15 is 0 Å². The van der Waals surface area contributed by atoms with Crippen LogP contribution in [-0.4, -0.2) is 181 Å². The lowest BCUT2D eigenvalue weighted by molar-refractivity contribution is -0.143. The van der Waals surface area contributed by atoms with Crippen LogP contribution in [-0.2, 0) is 72.0 Å². The maximum Gasteiger partial charge on any atom is 0.326 e. The standard InChI is InChI=1S/C55H76N10O18/c1-29(2)22-42(55(82)83)62-48(75)39(24-33-13-17-35(70)18-14-33)59-47(74)37(12-8-9-21-56)58-52(79)43(27-66)63-49(76)40(25-34-15-19-36(71)20-16-34)60-50(77)41(26-45(72)73)61-53(80)44(28-67)64-54(81)46(30(3)68)65-51(78)38(57-31(4)69)23-32-10-6-5-7-11-32/h5-7,10-11,13-20,29-30,37-44,46,66-68,70-71H,8-9,12,21-28,56H2,1-4H3,(H,57,69)(H,58,79)(H,59,74)(H,60,77)(H,61,80)(H,62,75)(H,63,76)(H,64,81)(H,65,78)(H,72,73)(H,82,83)/t30-,37+,38+,39+,40+,41+,42+,43+,44+,46+/m1/s1. The van der Waals surface area contributed by atoms with Gasteiger partial charge in [0.25, 0.3) is 0 Å². The normalized spacial score (nSPS) is 14.7. The van der Waals surface area contributed by atoms with Crippen LogP contribution in [0, 0.1) is 5.92 Å². The Hall–Kier alpha value is -8.73. The number of aliphatic hydroxyl groups excluding tert-OH is 3. The molecule has 18 N–H and O–H groups in total. The highest BCUT2D eigenvalue weighted by atomic mass is 16.4. The number of benzene rings is 3. The molecule has 28 nitrogen and oxygen atoms in total. The molecule has 0 saturated carbocycles. The average molecular weight is 1170 g/mol. The third kappa shape index (κ3) is 24.1. The zero-order valence-electron chi connectivity index (χ0n) is 46.3. The van der Waals surface area contributed by atoms with Gasteiger partial charge < -0.3 is 89.3 Å². The van der Waals surface area contributed by atoms with Gasteiger partial charge in [-0.05, 0) is 86.0 Å². The van der Waals surface area contributed by atoms with Gasteiger partial charge in [0, 0.05) is 26.2 Å². The molecule has 3 rings (SSSR count). The summed E-state index contributed by atoms with van der Waals surface area (Å²) in [6, 6.07) is 4.22. The molecule has 0 heterocycles. The number of carboxylic acids is 2. The number of rotatable bonds is 35. The maximum atomic E-state index is 14.2. The van der Waals surface area contributed by atoms with Gasteiger partial charge in [-0.15, -0.1) is 0 Å². The van der Waals surface area contributed by atoms with E-state index in [1.807, 2.05) is 0 Å². The molecule has 454 valence electrons. The molecular weight excluding hydrogens is 1090 g/mol. The fourth-order valence-corrected chi connectivity index (χ4v) is 8.24. The highest BCUT2D eigenvalue weighted by Gasteiger charge is 2.37. The number of aromatic hydroxyl groups is 2. The molecule has 0 bridgehead atoms. The summed E-state index contributed by atoms with van der Waals surface area (Å²) in [5.41, 5.74) is 7.03. The third-order valence-corrected chi connectivity index (χ3v) is 12.6. The first-order valence-corrected chi connectivity index (χ1v) is 26.6. The zero-order chi connectivity index (χ0) is 61.9. The Bertz CT molecular complexity index is 2680. The van der Waals surface area contributed by atoms with Crippen molar-refractivity contribution >= 4 is 65.1 Å². The number of carbonyl (C=O) groups excluding carboxylic acids is 9. The molecule has 3 aromatic carbocycles. The van der Waals surface area contributed by atoms with Crippen LogP contribution in [0.25, 0.3) is 0 Å². The molecule has 0 spiro atoms. The molecule has 0 aromatic heterocycles. The molecule has 0 fully saturated rings. The molecule has 0 aliphatic rings. The molecule has 0 aliphatic heterocycles. The van der Waals surface area contributed by atoms with Crippen molar-refractivity contribution in [3.63, 3.8) is 0 Å². The summed E-state index contributed by atoms with van der Waals surface area (Å²) in [5, 5.41) is 91.7. The summed E-state index contributed by atoms with van der Waals surface area (Å²) >= 11 is 0. The predicted molar refractivity (Wildman–Crippen MR) is 295 cm³/mol. The van der Waals surface area contributed by atoms with Gasteiger partial charge in [0.2, 0.25) is 53.2 Å². The van der Waals surface area contributed by atoms with Gasteiger partial charge in [0.1, 0.15) is 65.9 Å². The van der Waals surface area contributed by atoms with E-state index in [0.717, 1.165) is 13.8 Å². The van der Waals surface area contributed by atoms with Crippen molar-refractivity contribution in [1.29, 1.82) is 0 Å². The number of hydrogen-bond acceptors (Lipinski definition) is 17. The lowest BCUT2D eigenvalue weighted by Crippen LogP contribution is -2.62. The topological polar surface area (TPSA) is 464 Å².